The van der Waals surface area contributed by atoms with Crippen LogP contribution in [0.4, 0.5) is 0 Å². The SMILES string of the molecule is Cc1ccc2oc(C(O)CC3CN(C)CCN3C)cc2c1. The fourth-order valence-electron chi connectivity index (χ4n) is 3.08. The van der Waals surface area contributed by atoms with E-state index in [0.717, 1.165) is 30.6 Å². The Hall–Kier alpha value is -1.36. The van der Waals surface area contributed by atoms with Crippen molar-refractivity contribution in [2.24, 2.45) is 0 Å². The molecule has 1 aromatic heterocycles. The van der Waals surface area contributed by atoms with E-state index in [1.165, 1.54) is 5.56 Å². The van der Waals surface area contributed by atoms with Crippen LogP contribution in [-0.4, -0.2) is 54.7 Å². The van der Waals surface area contributed by atoms with Crippen molar-refractivity contribution in [3.05, 3.63) is 35.6 Å². The first kappa shape index (κ1) is 14.6. The van der Waals surface area contributed by atoms with Gasteiger partial charge in [-0.2, -0.15) is 0 Å². The molecule has 0 bridgehead atoms. The second-order valence-electron chi connectivity index (χ2n) is 6.34. The van der Waals surface area contributed by atoms with Crippen LogP contribution in [0.2, 0.25) is 0 Å². The molecule has 0 amide bonds. The van der Waals surface area contributed by atoms with Crippen LogP contribution in [-0.2, 0) is 0 Å². The summed E-state index contributed by atoms with van der Waals surface area (Å²) in [5.41, 5.74) is 2.06. The Morgan fingerprint density at radius 1 is 1.29 bits per heavy atom. The summed E-state index contributed by atoms with van der Waals surface area (Å²) in [6, 6.07) is 8.44. The average molecular weight is 288 g/mol. The van der Waals surface area contributed by atoms with Gasteiger partial charge < -0.3 is 19.3 Å². The summed E-state index contributed by atoms with van der Waals surface area (Å²) in [5, 5.41) is 11.6. The molecule has 0 radical (unpaired) electrons. The summed E-state index contributed by atoms with van der Waals surface area (Å²) in [4.78, 5) is 4.65. The largest absolute Gasteiger partial charge is 0.458 e. The third-order valence-electron chi connectivity index (χ3n) is 4.49. The third kappa shape index (κ3) is 3.12. The zero-order chi connectivity index (χ0) is 15.0. The highest BCUT2D eigenvalue weighted by atomic mass is 16.4. The Morgan fingerprint density at radius 3 is 2.90 bits per heavy atom. The van der Waals surface area contributed by atoms with Crippen molar-refractivity contribution in [2.45, 2.75) is 25.5 Å². The molecule has 1 aliphatic heterocycles. The second kappa shape index (κ2) is 5.79. The molecular formula is C17H24N2O2. The number of hydrogen-bond acceptors (Lipinski definition) is 4. The van der Waals surface area contributed by atoms with E-state index in [4.69, 9.17) is 4.42 Å². The Labute approximate surface area is 125 Å². The number of rotatable bonds is 3. The van der Waals surface area contributed by atoms with E-state index in [9.17, 15) is 5.11 Å². The van der Waals surface area contributed by atoms with Crippen LogP contribution < -0.4 is 0 Å². The minimum atomic E-state index is -0.545. The molecule has 1 aromatic carbocycles. The molecule has 2 atom stereocenters. The van der Waals surface area contributed by atoms with E-state index >= 15 is 0 Å². The van der Waals surface area contributed by atoms with Crippen molar-refractivity contribution in [1.29, 1.82) is 0 Å². The monoisotopic (exact) mass is 288 g/mol. The van der Waals surface area contributed by atoms with E-state index in [-0.39, 0.29) is 0 Å². The number of fused-ring (bicyclic) bond motifs is 1. The maximum absolute atomic E-state index is 10.5. The zero-order valence-electron chi connectivity index (χ0n) is 13.0. The van der Waals surface area contributed by atoms with Gasteiger partial charge in [0.2, 0.25) is 0 Å². The number of nitrogens with zero attached hydrogens (tertiary/aromatic N) is 2. The number of likely N-dealkylation sites (N-methyl/N-ethyl adjacent to an activating group) is 2. The second-order valence-corrected chi connectivity index (χ2v) is 6.34. The van der Waals surface area contributed by atoms with Gasteiger partial charge in [-0.15, -0.1) is 0 Å². The fourth-order valence-corrected chi connectivity index (χ4v) is 3.08. The van der Waals surface area contributed by atoms with Gasteiger partial charge >= 0.3 is 0 Å². The van der Waals surface area contributed by atoms with E-state index in [2.05, 4.69) is 36.9 Å². The number of hydrogen-bond donors (Lipinski definition) is 1. The van der Waals surface area contributed by atoms with Crippen LogP contribution in [0.15, 0.2) is 28.7 Å². The number of piperazine rings is 1. The van der Waals surface area contributed by atoms with Crippen LogP contribution in [0.5, 0.6) is 0 Å². The van der Waals surface area contributed by atoms with E-state index < -0.39 is 6.10 Å². The van der Waals surface area contributed by atoms with Crippen LogP contribution in [0, 0.1) is 6.92 Å². The van der Waals surface area contributed by atoms with E-state index in [0.29, 0.717) is 18.2 Å². The van der Waals surface area contributed by atoms with Gasteiger partial charge in [-0.25, -0.2) is 0 Å². The Kier molecular flexibility index (Phi) is 4.02. The van der Waals surface area contributed by atoms with Crippen molar-refractivity contribution in [1.82, 2.24) is 9.80 Å². The number of furan rings is 1. The van der Waals surface area contributed by atoms with Crippen molar-refractivity contribution < 1.29 is 9.52 Å². The standard InChI is InChI=1S/C17H24N2O2/c1-12-4-5-16-13(8-12)9-17(21-16)15(20)10-14-11-18(2)6-7-19(14)3/h4-5,8-9,14-15,20H,6-7,10-11H2,1-3H3. The molecule has 1 fully saturated rings. The van der Waals surface area contributed by atoms with Crippen LogP contribution in [0.3, 0.4) is 0 Å². The predicted molar refractivity (Wildman–Crippen MR) is 84.4 cm³/mol. The Balaban J connectivity index is 1.75. The van der Waals surface area contributed by atoms with E-state index in [1.807, 2.05) is 18.2 Å². The highest BCUT2D eigenvalue weighted by Crippen LogP contribution is 2.28. The minimum absolute atomic E-state index is 0.369. The van der Waals surface area contributed by atoms with Crippen LogP contribution >= 0.6 is 0 Å². The topological polar surface area (TPSA) is 39.9 Å². The highest BCUT2D eigenvalue weighted by Gasteiger charge is 2.26. The number of aliphatic hydroxyl groups excluding tert-OH is 1. The Bertz CT molecular complexity index is 622. The summed E-state index contributed by atoms with van der Waals surface area (Å²) in [5.74, 6) is 0.678. The molecule has 1 aliphatic rings. The molecule has 21 heavy (non-hydrogen) atoms. The molecule has 114 valence electrons. The summed E-state index contributed by atoms with van der Waals surface area (Å²) >= 11 is 0. The molecule has 1 N–H and O–H groups in total. The summed E-state index contributed by atoms with van der Waals surface area (Å²) in [7, 11) is 4.27. The summed E-state index contributed by atoms with van der Waals surface area (Å²) in [6.45, 7) is 5.20. The van der Waals surface area contributed by atoms with Gasteiger partial charge in [0.1, 0.15) is 17.4 Å². The molecule has 0 saturated carbocycles. The summed E-state index contributed by atoms with van der Waals surface area (Å²) < 4.78 is 5.81. The van der Waals surface area contributed by atoms with Crippen molar-refractivity contribution in [3.63, 3.8) is 0 Å². The molecule has 1 saturated heterocycles. The third-order valence-corrected chi connectivity index (χ3v) is 4.49. The molecule has 4 heteroatoms. The molecule has 3 rings (SSSR count). The lowest BCUT2D eigenvalue weighted by Crippen LogP contribution is -2.50. The fraction of sp³-hybridized carbons (Fsp3) is 0.529. The highest BCUT2D eigenvalue weighted by molar-refractivity contribution is 5.78. The number of benzene rings is 1. The predicted octanol–water partition coefficient (Wildman–Crippen LogP) is 2.41. The smallest absolute Gasteiger partial charge is 0.134 e. The van der Waals surface area contributed by atoms with Gasteiger partial charge in [0.05, 0.1) is 0 Å². The maximum Gasteiger partial charge on any atom is 0.134 e. The van der Waals surface area contributed by atoms with Crippen molar-refractivity contribution >= 4 is 11.0 Å². The average Bonchev–Trinajstić information content (AvgIpc) is 2.86. The molecule has 2 heterocycles. The lowest BCUT2D eigenvalue weighted by molar-refractivity contribution is 0.0554. The van der Waals surface area contributed by atoms with Gasteiger partial charge in [0.15, 0.2) is 0 Å². The van der Waals surface area contributed by atoms with Gasteiger partial charge in [-0.05, 0) is 45.6 Å². The first-order valence-corrected chi connectivity index (χ1v) is 7.60. The van der Waals surface area contributed by atoms with E-state index in [1.54, 1.807) is 0 Å². The number of aryl methyl sites for hydroxylation is 1. The molecule has 2 unspecified atom stereocenters. The van der Waals surface area contributed by atoms with Crippen LogP contribution in [0.25, 0.3) is 11.0 Å². The van der Waals surface area contributed by atoms with Gasteiger partial charge in [0.25, 0.3) is 0 Å². The maximum atomic E-state index is 10.5. The molecule has 4 nitrogen and oxygen atoms in total. The number of aliphatic hydroxyl groups is 1. The quantitative estimate of drug-likeness (QED) is 0.941. The lowest BCUT2D eigenvalue weighted by Gasteiger charge is -2.38. The van der Waals surface area contributed by atoms with Gasteiger partial charge in [0, 0.05) is 31.1 Å². The lowest BCUT2D eigenvalue weighted by atomic mass is 10.0. The first-order valence-electron chi connectivity index (χ1n) is 7.60. The van der Waals surface area contributed by atoms with Gasteiger partial charge in [-0.3, -0.25) is 0 Å². The Morgan fingerprint density at radius 2 is 2.10 bits per heavy atom. The normalized spacial score (nSPS) is 22.8. The van der Waals surface area contributed by atoms with Crippen molar-refractivity contribution in [2.75, 3.05) is 33.7 Å². The van der Waals surface area contributed by atoms with Gasteiger partial charge in [-0.1, -0.05) is 11.6 Å². The first-order chi connectivity index (χ1) is 10.0. The van der Waals surface area contributed by atoms with Crippen molar-refractivity contribution in [3.8, 4) is 0 Å². The molecular weight excluding hydrogens is 264 g/mol. The summed E-state index contributed by atoms with van der Waals surface area (Å²) in [6.07, 6.45) is 0.163. The molecule has 0 spiro atoms. The van der Waals surface area contributed by atoms with Crippen LogP contribution in [0.1, 0.15) is 23.8 Å². The minimum Gasteiger partial charge on any atom is -0.458 e. The molecule has 0 aliphatic carbocycles. The zero-order valence-corrected chi connectivity index (χ0v) is 13.0. The molecule has 2 aromatic rings.